The number of nitrogens with zero attached hydrogens (tertiary/aromatic N) is 3. The minimum absolute atomic E-state index is 0.0304. The molecule has 1 aromatic carbocycles. The average Bonchev–Trinajstić information content (AvgIpc) is 3.14. The topological polar surface area (TPSA) is 59.8 Å². The Morgan fingerprint density at radius 3 is 2.72 bits per heavy atom. The number of carbonyl (C=O) groups is 1. The van der Waals surface area contributed by atoms with Crippen molar-refractivity contribution in [3.8, 4) is 0 Å². The van der Waals surface area contributed by atoms with Crippen molar-refractivity contribution < 1.29 is 4.79 Å². The molecule has 0 atom stereocenters. The van der Waals surface area contributed by atoms with Gasteiger partial charge in [0, 0.05) is 19.5 Å². The van der Waals surface area contributed by atoms with Crippen LogP contribution in [0.25, 0.3) is 0 Å². The fourth-order valence-corrected chi connectivity index (χ4v) is 4.70. The Morgan fingerprint density at radius 2 is 1.97 bits per heavy atom. The van der Waals surface area contributed by atoms with Crippen LogP contribution in [0.1, 0.15) is 49.9 Å². The lowest BCUT2D eigenvalue weighted by Gasteiger charge is -2.21. The molecule has 0 spiro atoms. The molecule has 0 saturated heterocycles. The highest BCUT2D eigenvalue weighted by atomic mass is 32.2. The third kappa shape index (κ3) is 7.03. The predicted octanol–water partition coefficient (Wildman–Crippen LogP) is 4.43. The summed E-state index contributed by atoms with van der Waals surface area (Å²) in [6.07, 6.45) is 11.7. The molecule has 3 rings (SSSR count). The fourth-order valence-electron chi connectivity index (χ4n) is 3.90. The standard InChI is InChI=1S/C23H32N4OS/c1-2-17-27-21(14-13-19-9-5-3-6-10-19)25-26-23(27)29-18-22(28)24-16-15-20-11-7-4-8-12-20/h2,4,7-8,11-12,19H,1,3,5-6,9-10,13-18H2,(H,24,28). The zero-order chi connectivity index (χ0) is 20.3. The quantitative estimate of drug-likeness (QED) is 0.438. The van der Waals surface area contributed by atoms with Gasteiger partial charge in [0.1, 0.15) is 5.82 Å². The normalized spacial score (nSPS) is 14.6. The minimum atomic E-state index is 0.0304. The summed E-state index contributed by atoms with van der Waals surface area (Å²) >= 11 is 1.45. The van der Waals surface area contributed by atoms with E-state index in [0.29, 0.717) is 18.8 Å². The van der Waals surface area contributed by atoms with Gasteiger partial charge in [0.05, 0.1) is 5.75 Å². The number of aromatic nitrogens is 3. The van der Waals surface area contributed by atoms with Gasteiger partial charge < -0.3 is 9.88 Å². The first-order valence-electron chi connectivity index (χ1n) is 10.7. The molecule has 1 N–H and O–H groups in total. The Morgan fingerprint density at radius 1 is 1.17 bits per heavy atom. The van der Waals surface area contributed by atoms with Crippen molar-refractivity contribution in [2.45, 2.75) is 63.1 Å². The van der Waals surface area contributed by atoms with Crippen LogP contribution in [0.5, 0.6) is 0 Å². The molecule has 1 aromatic heterocycles. The Labute approximate surface area is 178 Å². The molecule has 156 valence electrons. The maximum absolute atomic E-state index is 12.2. The summed E-state index contributed by atoms with van der Waals surface area (Å²) in [6.45, 7) is 5.20. The van der Waals surface area contributed by atoms with Gasteiger partial charge in [-0.05, 0) is 24.3 Å². The summed E-state index contributed by atoms with van der Waals surface area (Å²) < 4.78 is 2.11. The number of hydrogen-bond acceptors (Lipinski definition) is 4. The Bertz CT molecular complexity index is 768. The zero-order valence-corrected chi connectivity index (χ0v) is 18.0. The van der Waals surface area contributed by atoms with E-state index in [1.807, 2.05) is 24.3 Å². The smallest absolute Gasteiger partial charge is 0.230 e. The summed E-state index contributed by atoms with van der Waals surface area (Å²) in [5, 5.41) is 12.6. The van der Waals surface area contributed by atoms with E-state index in [9.17, 15) is 4.79 Å². The lowest BCUT2D eigenvalue weighted by atomic mass is 9.86. The SMILES string of the molecule is C=CCn1c(CCC2CCCCC2)nnc1SCC(=O)NCCc1ccccc1. The number of nitrogens with one attached hydrogen (secondary N) is 1. The molecule has 0 radical (unpaired) electrons. The van der Waals surface area contributed by atoms with E-state index in [4.69, 9.17) is 0 Å². The van der Waals surface area contributed by atoms with Crippen LogP contribution in [0.15, 0.2) is 48.1 Å². The highest BCUT2D eigenvalue weighted by Crippen LogP contribution is 2.28. The second kappa shape index (κ2) is 11.8. The summed E-state index contributed by atoms with van der Waals surface area (Å²) in [5.41, 5.74) is 1.23. The van der Waals surface area contributed by atoms with Crippen LogP contribution in [0.2, 0.25) is 0 Å². The van der Waals surface area contributed by atoms with Gasteiger partial charge >= 0.3 is 0 Å². The molecular formula is C23H32N4OS. The van der Waals surface area contributed by atoms with Gasteiger partial charge in [0.15, 0.2) is 5.16 Å². The van der Waals surface area contributed by atoms with E-state index in [2.05, 4.69) is 38.8 Å². The number of hydrogen-bond donors (Lipinski definition) is 1. The van der Waals surface area contributed by atoms with Gasteiger partial charge in [-0.1, -0.05) is 80.3 Å². The van der Waals surface area contributed by atoms with Crippen molar-refractivity contribution in [3.05, 3.63) is 54.4 Å². The molecule has 1 saturated carbocycles. The minimum Gasteiger partial charge on any atom is -0.355 e. The van der Waals surface area contributed by atoms with Crippen molar-refractivity contribution in [1.29, 1.82) is 0 Å². The first kappa shape index (κ1) is 21.6. The van der Waals surface area contributed by atoms with Crippen LogP contribution in [0.4, 0.5) is 0 Å². The summed E-state index contributed by atoms with van der Waals surface area (Å²) in [6, 6.07) is 10.2. The summed E-state index contributed by atoms with van der Waals surface area (Å²) in [7, 11) is 0. The third-order valence-corrected chi connectivity index (χ3v) is 6.48. The van der Waals surface area contributed by atoms with Crippen LogP contribution >= 0.6 is 11.8 Å². The van der Waals surface area contributed by atoms with Crippen LogP contribution in [0, 0.1) is 5.92 Å². The Hall–Kier alpha value is -2.08. The number of amides is 1. The number of aryl methyl sites for hydroxylation is 1. The molecule has 2 aromatic rings. The highest BCUT2D eigenvalue weighted by molar-refractivity contribution is 7.99. The molecule has 1 amide bonds. The third-order valence-electron chi connectivity index (χ3n) is 5.52. The first-order chi connectivity index (χ1) is 14.3. The van der Waals surface area contributed by atoms with E-state index in [1.165, 1.54) is 55.9 Å². The van der Waals surface area contributed by atoms with Gasteiger partial charge in [-0.15, -0.1) is 16.8 Å². The van der Waals surface area contributed by atoms with Crippen molar-refractivity contribution in [3.63, 3.8) is 0 Å². The van der Waals surface area contributed by atoms with Crippen LogP contribution < -0.4 is 5.32 Å². The van der Waals surface area contributed by atoms with Crippen molar-refractivity contribution in [1.82, 2.24) is 20.1 Å². The van der Waals surface area contributed by atoms with Crippen LogP contribution in [-0.4, -0.2) is 33.0 Å². The van der Waals surface area contributed by atoms with Crippen molar-refractivity contribution in [2.75, 3.05) is 12.3 Å². The Kier molecular flexibility index (Phi) is 8.81. The molecule has 1 aliphatic carbocycles. The van der Waals surface area contributed by atoms with E-state index in [1.54, 1.807) is 0 Å². The van der Waals surface area contributed by atoms with E-state index in [0.717, 1.165) is 29.7 Å². The van der Waals surface area contributed by atoms with Gasteiger partial charge in [-0.3, -0.25) is 4.79 Å². The van der Waals surface area contributed by atoms with Crippen molar-refractivity contribution >= 4 is 17.7 Å². The van der Waals surface area contributed by atoms with E-state index < -0.39 is 0 Å². The average molecular weight is 413 g/mol. The van der Waals surface area contributed by atoms with Gasteiger partial charge in [0.2, 0.25) is 5.91 Å². The molecule has 6 heteroatoms. The number of benzene rings is 1. The molecule has 0 bridgehead atoms. The van der Waals surface area contributed by atoms with Crippen LogP contribution in [-0.2, 0) is 24.2 Å². The molecule has 1 fully saturated rings. The van der Waals surface area contributed by atoms with Gasteiger partial charge in [-0.2, -0.15) is 0 Å². The second-order valence-electron chi connectivity index (χ2n) is 7.72. The van der Waals surface area contributed by atoms with E-state index in [-0.39, 0.29) is 5.91 Å². The van der Waals surface area contributed by atoms with Gasteiger partial charge in [0.25, 0.3) is 0 Å². The van der Waals surface area contributed by atoms with Crippen molar-refractivity contribution in [2.24, 2.45) is 5.92 Å². The maximum Gasteiger partial charge on any atom is 0.230 e. The number of allylic oxidation sites excluding steroid dienone is 1. The molecule has 1 heterocycles. The number of carbonyl (C=O) groups excluding carboxylic acids is 1. The zero-order valence-electron chi connectivity index (χ0n) is 17.2. The molecule has 29 heavy (non-hydrogen) atoms. The monoisotopic (exact) mass is 412 g/mol. The number of thioether (sulfide) groups is 1. The lowest BCUT2D eigenvalue weighted by molar-refractivity contribution is -0.118. The lowest BCUT2D eigenvalue weighted by Crippen LogP contribution is -2.27. The Balaban J connectivity index is 1.45. The molecule has 0 unspecified atom stereocenters. The summed E-state index contributed by atoms with van der Waals surface area (Å²) in [5.74, 6) is 2.22. The largest absolute Gasteiger partial charge is 0.355 e. The molecule has 5 nitrogen and oxygen atoms in total. The molecular weight excluding hydrogens is 380 g/mol. The molecule has 1 aliphatic rings. The first-order valence-corrected chi connectivity index (χ1v) is 11.7. The molecule has 0 aliphatic heterocycles. The fraction of sp³-hybridized carbons (Fsp3) is 0.522. The number of rotatable bonds is 11. The maximum atomic E-state index is 12.2. The summed E-state index contributed by atoms with van der Waals surface area (Å²) in [4.78, 5) is 12.2. The van der Waals surface area contributed by atoms with Crippen LogP contribution in [0.3, 0.4) is 0 Å². The highest BCUT2D eigenvalue weighted by Gasteiger charge is 2.17. The van der Waals surface area contributed by atoms with E-state index >= 15 is 0 Å². The van der Waals surface area contributed by atoms with Gasteiger partial charge in [-0.25, -0.2) is 0 Å². The second-order valence-corrected chi connectivity index (χ2v) is 8.66. The predicted molar refractivity (Wildman–Crippen MR) is 119 cm³/mol.